The van der Waals surface area contributed by atoms with Crippen molar-refractivity contribution in [2.45, 2.75) is 4.90 Å². The van der Waals surface area contributed by atoms with E-state index in [1.165, 1.54) is 17.8 Å². The van der Waals surface area contributed by atoms with E-state index in [1.54, 1.807) is 24.3 Å². The molecule has 0 aliphatic rings. The summed E-state index contributed by atoms with van der Waals surface area (Å²) in [5, 5.41) is 1.19. The standard InChI is InChI=1S/C16H10ClFO2S/c17-11-5-1-2-7-15(11)21-9-13(19)14-8-10-4-3-6-12(18)16(10)20-14/h1-8H,9H2. The largest absolute Gasteiger partial charge is 0.450 e. The molecule has 0 saturated carbocycles. The summed E-state index contributed by atoms with van der Waals surface area (Å²) in [6.07, 6.45) is 0. The molecule has 1 heterocycles. The van der Waals surface area contributed by atoms with Crippen LogP contribution in [0.1, 0.15) is 10.6 Å². The first-order valence-corrected chi connectivity index (χ1v) is 7.60. The van der Waals surface area contributed by atoms with Gasteiger partial charge in [-0.2, -0.15) is 0 Å². The summed E-state index contributed by atoms with van der Waals surface area (Å²) < 4.78 is 18.8. The zero-order valence-corrected chi connectivity index (χ0v) is 12.4. The third-order valence-corrected chi connectivity index (χ3v) is 4.48. The number of carbonyl (C=O) groups is 1. The molecule has 0 unspecified atom stereocenters. The minimum absolute atomic E-state index is 0.114. The average Bonchev–Trinajstić information content (AvgIpc) is 2.92. The Kier molecular flexibility index (Phi) is 3.99. The minimum Gasteiger partial charge on any atom is -0.450 e. The van der Waals surface area contributed by atoms with Gasteiger partial charge < -0.3 is 4.42 Å². The molecule has 0 aliphatic heterocycles. The Labute approximate surface area is 129 Å². The monoisotopic (exact) mass is 320 g/mol. The Morgan fingerprint density at radius 2 is 2.00 bits per heavy atom. The SMILES string of the molecule is O=C(CSc1ccccc1Cl)c1cc2cccc(F)c2o1. The second-order valence-corrected chi connectivity index (χ2v) is 5.84. The number of benzene rings is 2. The molecule has 0 aliphatic carbocycles. The summed E-state index contributed by atoms with van der Waals surface area (Å²) in [7, 11) is 0. The van der Waals surface area contributed by atoms with Crippen LogP contribution in [0.5, 0.6) is 0 Å². The number of ketones is 1. The van der Waals surface area contributed by atoms with Crippen molar-refractivity contribution in [3.63, 3.8) is 0 Å². The van der Waals surface area contributed by atoms with Gasteiger partial charge in [0, 0.05) is 10.3 Å². The highest BCUT2D eigenvalue weighted by Gasteiger charge is 2.15. The number of furan rings is 1. The topological polar surface area (TPSA) is 30.2 Å². The van der Waals surface area contributed by atoms with E-state index in [0.717, 1.165) is 4.90 Å². The number of hydrogen-bond acceptors (Lipinski definition) is 3. The van der Waals surface area contributed by atoms with E-state index in [2.05, 4.69) is 0 Å². The molecule has 0 radical (unpaired) electrons. The van der Waals surface area contributed by atoms with Crippen LogP contribution in [0.2, 0.25) is 5.02 Å². The van der Waals surface area contributed by atoms with E-state index >= 15 is 0 Å². The number of rotatable bonds is 4. The van der Waals surface area contributed by atoms with Gasteiger partial charge in [0.25, 0.3) is 0 Å². The van der Waals surface area contributed by atoms with Crippen molar-refractivity contribution in [2.24, 2.45) is 0 Å². The fourth-order valence-electron chi connectivity index (χ4n) is 1.94. The number of Topliss-reactive ketones (excluding diaryl/α,β-unsaturated/α-hetero) is 1. The van der Waals surface area contributed by atoms with Gasteiger partial charge in [-0.15, -0.1) is 11.8 Å². The van der Waals surface area contributed by atoms with E-state index in [4.69, 9.17) is 16.0 Å². The molecule has 1 aromatic heterocycles. The third-order valence-electron chi connectivity index (χ3n) is 2.97. The second kappa shape index (κ2) is 5.92. The van der Waals surface area contributed by atoms with E-state index < -0.39 is 5.82 Å². The first-order chi connectivity index (χ1) is 10.1. The second-order valence-electron chi connectivity index (χ2n) is 4.41. The molecule has 0 saturated heterocycles. The van der Waals surface area contributed by atoms with E-state index in [-0.39, 0.29) is 22.9 Å². The van der Waals surface area contributed by atoms with Crippen molar-refractivity contribution < 1.29 is 13.6 Å². The Morgan fingerprint density at radius 3 is 2.76 bits per heavy atom. The van der Waals surface area contributed by atoms with Crippen molar-refractivity contribution in [3.8, 4) is 0 Å². The molecule has 3 aromatic rings. The van der Waals surface area contributed by atoms with Crippen LogP contribution in [-0.2, 0) is 0 Å². The van der Waals surface area contributed by atoms with E-state index in [0.29, 0.717) is 10.4 Å². The van der Waals surface area contributed by atoms with Gasteiger partial charge in [-0.05, 0) is 24.3 Å². The van der Waals surface area contributed by atoms with Crippen molar-refractivity contribution >= 4 is 40.1 Å². The summed E-state index contributed by atoms with van der Waals surface area (Å²) in [5.74, 6) is -0.318. The van der Waals surface area contributed by atoms with Crippen LogP contribution in [-0.4, -0.2) is 11.5 Å². The highest BCUT2D eigenvalue weighted by Crippen LogP contribution is 2.28. The molecule has 0 amide bonds. The third kappa shape index (κ3) is 2.96. The molecule has 2 aromatic carbocycles. The molecular formula is C16H10ClFO2S. The van der Waals surface area contributed by atoms with Crippen molar-refractivity contribution in [1.29, 1.82) is 0 Å². The highest BCUT2D eigenvalue weighted by atomic mass is 35.5. The molecular weight excluding hydrogens is 311 g/mol. The predicted molar refractivity (Wildman–Crippen MR) is 82.7 cm³/mol. The summed E-state index contributed by atoms with van der Waals surface area (Å²) in [5.41, 5.74) is 0.114. The molecule has 0 spiro atoms. The number of hydrogen-bond donors (Lipinski definition) is 0. The lowest BCUT2D eigenvalue weighted by Gasteiger charge is -2.01. The number of carbonyl (C=O) groups excluding carboxylic acids is 1. The maximum absolute atomic E-state index is 13.5. The Morgan fingerprint density at radius 1 is 1.19 bits per heavy atom. The number of para-hydroxylation sites is 1. The van der Waals surface area contributed by atoms with Crippen LogP contribution in [0.4, 0.5) is 4.39 Å². The molecule has 21 heavy (non-hydrogen) atoms. The molecule has 106 valence electrons. The molecule has 0 bridgehead atoms. The van der Waals surface area contributed by atoms with Gasteiger partial charge in [0.1, 0.15) is 0 Å². The quantitative estimate of drug-likeness (QED) is 0.489. The van der Waals surface area contributed by atoms with Crippen LogP contribution in [0.25, 0.3) is 11.0 Å². The van der Waals surface area contributed by atoms with Crippen LogP contribution in [0.3, 0.4) is 0 Å². The lowest BCUT2D eigenvalue weighted by atomic mass is 10.2. The molecule has 3 rings (SSSR count). The van der Waals surface area contributed by atoms with Gasteiger partial charge >= 0.3 is 0 Å². The summed E-state index contributed by atoms with van der Waals surface area (Å²) >= 11 is 7.36. The van der Waals surface area contributed by atoms with Crippen LogP contribution in [0, 0.1) is 5.82 Å². The minimum atomic E-state index is -0.467. The van der Waals surface area contributed by atoms with Crippen LogP contribution in [0.15, 0.2) is 57.8 Å². The summed E-state index contributed by atoms with van der Waals surface area (Å²) in [4.78, 5) is 13.0. The normalized spacial score (nSPS) is 11.0. The molecule has 0 atom stereocenters. The van der Waals surface area contributed by atoms with Crippen molar-refractivity contribution in [3.05, 3.63) is 65.1 Å². The van der Waals surface area contributed by atoms with E-state index in [9.17, 15) is 9.18 Å². The smallest absolute Gasteiger partial charge is 0.208 e. The Hall–Kier alpha value is -1.78. The molecule has 0 N–H and O–H groups in total. The Balaban J connectivity index is 1.78. The fraction of sp³-hybridized carbons (Fsp3) is 0.0625. The first kappa shape index (κ1) is 14.2. The summed E-state index contributed by atoms with van der Waals surface area (Å²) in [6.45, 7) is 0. The maximum Gasteiger partial charge on any atom is 0.208 e. The van der Waals surface area contributed by atoms with Gasteiger partial charge in [-0.3, -0.25) is 4.79 Å². The van der Waals surface area contributed by atoms with Gasteiger partial charge in [-0.1, -0.05) is 35.9 Å². The van der Waals surface area contributed by atoms with E-state index in [1.807, 2.05) is 18.2 Å². The average molecular weight is 321 g/mol. The first-order valence-electron chi connectivity index (χ1n) is 6.24. The summed E-state index contributed by atoms with van der Waals surface area (Å²) in [6, 6.07) is 13.5. The predicted octanol–water partition coefficient (Wildman–Crippen LogP) is 5.20. The molecule has 2 nitrogen and oxygen atoms in total. The zero-order chi connectivity index (χ0) is 14.8. The lowest BCUT2D eigenvalue weighted by molar-refractivity contribution is 0.0994. The number of fused-ring (bicyclic) bond motifs is 1. The number of halogens is 2. The number of thioether (sulfide) groups is 1. The van der Waals surface area contributed by atoms with Gasteiger partial charge in [0.05, 0.1) is 10.8 Å². The van der Waals surface area contributed by atoms with Gasteiger partial charge in [0.15, 0.2) is 17.2 Å². The zero-order valence-electron chi connectivity index (χ0n) is 10.8. The van der Waals surface area contributed by atoms with Gasteiger partial charge in [0.2, 0.25) is 5.78 Å². The van der Waals surface area contributed by atoms with Crippen LogP contribution >= 0.6 is 23.4 Å². The highest BCUT2D eigenvalue weighted by molar-refractivity contribution is 8.00. The Bertz CT molecular complexity index is 813. The maximum atomic E-state index is 13.5. The molecule has 0 fully saturated rings. The van der Waals surface area contributed by atoms with Crippen molar-refractivity contribution in [2.75, 3.05) is 5.75 Å². The molecule has 5 heteroatoms. The van der Waals surface area contributed by atoms with Crippen molar-refractivity contribution in [1.82, 2.24) is 0 Å². The fourth-order valence-corrected chi connectivity index (χ4v) is 3.05. The van der Waals surface area contributed by atoms with Gasteiger partial charge in [-0.25, -0.2) is 4.39 Å². The van der Waals surface area contributed by atoms with Crippen LogP contribution < -0.4 is 0 Å². The lowest BCUT2D eigenvalue weighted by Crippen LogP contribution is -2.00.